The van der Waals surface area contributed by atoms with E-state index in [9.17, 15) is 4.79 Å². The number of rotatable bonds is 3. The lowest BCUT2D eigenvalue weighted by atomic mass is 10.1. The molecule has 0 spiro atoms. The van der Waals surface area contributed by atoms with E-state index in [4.69, 9.17) is 10.5 Å². The summed E-state index contributed by atoms with van der Waals surface area (Å²) < 4.78 is 5.34. The lowest BCUT2D eigenvalue weighted by Gasteiger charge is -2.24. The zero-order chi connectivity index (χ0) is 15.6. The third-order valence-corrected chi connectivity index (χ3v) is 3.21. The number of nitrogens with one attached hydrogen (secondary N) is 1. The molecule has 1 heterocycles. The Balaban J connectivity index is 2.01. The number of nitrogen functional groups attached to an aromatic ring is 1. The lowest BCUT2D eigenvalue weighted by molar-refractivity contribution is 0.0301. The van der Waals surface area contributed by atoms with Gasteiger partial charge in [-0.1, -0.05) is 0 Å². The Morgan fingerprint density at radius 3 is 2.76 bits per heavy atom. The minimum Gasteiger partial charge on any atom is -0.444 e. The standard InChI is InChI=1S/C16H23N3O2/c1-16(2,3)21-15(20)19(4)8-7-11-10-18-14-6-5-12(17)9-13(11)14/h5-6,9-10,18H,7-8,17H2,1-4H3. The van der Waals surface area contributed by atoms with Gasteiger partial charge >= 0.3 is 6.09 Å². The van der Waals surface area contributed by atoms with Crippen LogP contribution in [0.2, 0.25) is 0 Å². The molecule has 0 saturated carbocycles. The smallest absolute Gasteiger partial charge is 0.410 e. The molecule has 0 aliphatic heterocycles. The number of H-pyrrole nitrogens is 1. The van der Waals surface area contributed by atoms with E-state index >= 15 is 0 Å². The number of carbonyl (C=O) groups excluding carboxylic acids is 1. The number of aromatic nitrogens is 1. The average molecular weight is 289 g/mol. The first kappa shape index (κ1) is 15.2. The summed E-state index contributed by atoms with van der Waals surface area (Å²) in [6.45, 7) is 6.18. The van der Waals surface area contributed by atoms with Gasteiger partial charge in [0.1, 0.15) is 5.60 Å². The van der Waals surface area contributed by atoms with Gasteiger partial charge in [-0.15, -0.1) is 0 Å². The monoisotopic (exact) mass is 289 g/mol. The number of nitrogens with two attached hydrogens (primary N) is 1. The molecule has 114 valence electrons. The van der Waals surface area contributed by atoms with Crippen LogP contribution in [0.15, 0.2) is 24.4 Å². The van der Waals surface area contributed by atoms with Gasteiger partial charge < -0.3 is 20.4 Å². The molecule has 0 unspecified atom stereocenters. The number of hydrogen-bond donors (Lipinski definition) is 2. The number of fused-ring (bicyclic) bond motifs is 1. The zero-order valence-corrected chi connectivity index (χ0v) is 13.1. The molecule has 1 aromatic heterocycles. The predicted octanol–water partition coefficient (Wildman–Crippen LogP) is 3.16. The molecule has 21 heavy (non-hydrogen) atoms. The van der Waals surface area contributed by atoms with E-state index in [0.29, 0.717) is 6.54 Å². The van der Waals surface area contributed by atoms with E-state index in [1.54, 1.807) is 11.9 Å². The van der Waals surface area contributed by atoms with E-state index in [1.807, 2.05) is 45.2 Å². The SMILES string of the molecule is CN(CCc1c[nH]c2ccc(N)cc12)C(=O)OC(C)(C)C. The zero-order valence-electron chi connectivity index (χ0n) is 13.1. The maximum Gasteiger partial charge on any atom is 0.410 e. The van der Waals surface area contributed by atoms with E-state index in [-0.39, 0.29) is 6.09 Å². The summed E-state index contributed by atoms with van der Waals surface area (Å²) in [5, 5.41) is 1.10. The summed E-state index contributed by atoms with van der Waals surface area (Å²) in [4.78, 5) is 16.7. The molecule has 2 aromatic rings. The Kier molecular flexibility index (Phi) is 4.11. The molecule has 0 aliphatic carbocycles. The van der Waals surface area contributed by atoms with Crippen molar-refractivity contribution in [1.82, 2.24) is 9.88 Å². The Morgan fingerprint density at radius 2 is 2.10 bits per heavy atom. The second-order valence-corrected chi connectivity index (χ2v) is 6.27. The summed E-state index contributed by atoms with van der Waals surface area (Å²) in [6.07, 6.45) is 2.41. The molecule has 0 radical (unpaired) electrons. The van der Waals surface area contributed by atoms with Crippen LogP contribution in [0.1, 0.15) is 26.3 Å². The summed E-state index contributed by atoms with van der Waals surface area (Å²) in [6, 6.07) is 5.79. The molecule has 0 saturated heterocycles. The van der Waals surface area contributed by atoms with Gasteiger partial charge in [-0.2, -0.15) is 0 Å². The third kappa shape index (κ3) is 3.90. The van der Waals surface area contributed by atoms with Crippen molar-refractivity contribution in [2.45, 2.75) is 32.8 Å². The van der Waals surface area contributed by atoms with E-state index in [2.05, 4.69) is 4.98 Å². The Morgan fingerprint density at radius 1 is 1.38 bits per heavy atom. The summed E-state index contributed by atoms with van der Waals surface area (Å²) in [5.74, 6) is 0. The van der Waals surface area contributed by atoms with Gasteiger partial charge in [-0.05, 0) is 51.0 Å². The highest BCUT2D eigenvalue weighted by atomic mass is 16.6. The topological polar surface area (TPSA) is 71.3 Å². The molecule has 1 amide bonds. The molecule has 1 aromatic carbocycles. The molecule has 0 aliphatic rings. The number of anilines is 1. The van der Waals surface area contributed by atoms with Crippen molar-refractivity contribution in [2.75, 3.05) is 19.3 Å². The summed E-state index contributed by atoms with van der Waals surface area (Å²) in [7, 11) is 1.75. The number of benzene rings is 1. The van der Waals surface area contributed by atoms with Crippen molar-refractivity contribution < 1.29 is 9.53 Å². The first-order valence-corrected chi connectivity index (χ1v) is 7.06. The van der Waals surface area contributed by atoms with Crippen molar-refractivity contribution in [3.63, 3.8) is 0 Å². The largest absolute Gasteiger partial charge is 0.444 e. The maximum absolute atomic E-state index is 11.9. The van der Waals surface area contributed by atoms with Crippen LogP contribution in [0.3, 0.4) is 0 Å². The Hall–Kier alpha value is -2.17. The highest BCUT2D eigenvalue weighted by Gasteiger charge is 2.19. The fourth-order valence-electron chi connectivity index (χ4n) is 2.12. The minimum absolute atomic E-state index is 0.304. The van der Waals surface area contributed by atoms with Gasteiger partial charge in [0.15, 0.2) is 0 Å². The molecule has 0 atom stereocenters. The number of carbonyl (C=O) groups is 1. The third-order valence-electron chi connectivity index (χ3n) is 3.21. The average Bonchev–Trinajstić information content (AvgIpc) is 2.76. The fraction of sp³-hybridized carbons (Fsp3) is 0.438. The number of hydrogen-bond acceptors (Lipinski definition) is 3. The summed E-state index contributed by atoms with van der Waals surface area (Å²) >= 11 is 0. The van der Waals surface area contributed by atoms with Gasteiger partial charge in [0, 0.05) is 36.4 Å². The van der Waals surface area contributed by atoms with E-state index < -0.39 is 5.60 Å². The quantitative estimate of drug-likeness (QED) is 0.853. The molecule has 2 rings (SSSR count). The van der Waals surface area contributed by atoms with Crippen LogP contribution in [-0.2, 0) is 11.2 Å². The minimum atomic E-state index is -0.472. The molecule has 3 N–H and O–H groups in total. The maximum atomic E-state index is 11.9. The van der Waals surface area contributed by atoms with Gasteiger partial charge in [0.05, 0.1) is 0 Å². The van der Waals surface area contributed by atoms with Crippen LogP contribution in [0.4, 0.5) is 10.5 Å². The first-order chi connectivity index (χ1) is 9.76. The second kappa shape index (κ2) is 5.68. The highest BCUT2D eigenvalue weighted by Crippen LogP contribution is 2.21. The number of nitrogens with zero attached hydrogens (tertiary/aromatic N) is 1. The molecule has 5 nitrogen and oxygen atoms in total. The second-order valence-electron chi connectivity index (χ2n) is 6.27. The molecular weight excluding hydrogens is 266 g/mol. The molecule has 5 heteroatoms. The molecular formula is C16H23N3O2. The van der Waals surface area contributed by atoms with Crippen molar-refractivity contribution >= 4 is 22.7 Å². The fourth-order valence-corrected chi connectivity index (χ4v) is 2.12. The van der Waals surface area contributed by atoms with Crippen LogP contribution < -0.4 is 5.73 Å². The van der Waals surface area contributed by atoms with Crippen molar-refractivity contribution in [1.29, 1.82) is 0 Å². The van der Waals surface area contributed by atoms with Gasteiger partial charge in [0.25, 0.3) is 0 Å². The van der Waals surface area contributed by atoms with Crippen LogP contribution >= 0.6 is 0 Å². The number of ether oxygens (including phenoxy) is 1. The predicted molar refractivity (Wildman–Crippen MR) is 85.3 cm³/mol. The van der Waals surface area contributed by atoms with E-state index in [1.165, 1.54) is 0 Å². The summed E-state index contributed by atoms with van der Waals surface area (Å²) in [5.41, 5.74) is 8.30. The van der Waals surface area contributed by atoms with Crippen LogP contribution in [-0.4, -0.2) is 35.2 Å². The Labute approximate surface area is 125 Å². The Bertz CT molecular complexity index is 640. The number of likely N-dealkylation sites (N-methyl/N-ethyl adjacent to an activating group) is 1. The van der Waals surface area contributed by atoms with Gasteiger partial charge in [0.2, 0.25) is 0 Å². The number of amides is 1. The van der Waals surface area contributed by atoms with Gasteiger partial charge in [-0.25, -0.2) is 4.79 Å². The van der Waals surface area contributed by atoms with Crippen LogP contribution in [0, 0.1) is 0 Å². The lowest BCUT2D eigenvalue weighted by Crippen LogP contribution is -2.35. The van der Waals surface area contributed by atoms with E-state index in [0.717, 1.165) is 28.6 Å². The molecule has 0 bridgehead atoms. The van der Waals surface area contributed by atoms with Crippen molar-refractivity contribution in [3.8, 4) is 0 Å². The first-order valence-electron chi connectivity index (χ1n) is 7.06. The van der Waals surface area contributed by atoms with Crippen LogP contribution in [0.25, 0.3) is 10.9 Å². The van der Waals surface area contributed by atoms with Crippen molar-refractivity contribution in [3.05, 3.63) is 30.0 Å². The van der Waals surface area contributed by atoms with Crippen molar-refractivity contribution in [2.24, 2.45) is 0 Å². The molecule has 0 fully saturated rings. The normalized spacial score (nSPS) is 11.6. The van der Waals surface area contributed by atoms with Crippen LogP contribution in [0.5, 0.6) is 0 Å². The highest BCUT2D eigenvalue weighted by molar-refractivity contribution is 5.86. The van der Waals surface area contributed by atoms with Gasteiger partial charge in [-0.3, -0.25) is 0 Å². The number of aromatic amines is 1.